The number of nitro groups is 1. The van der Waals surface area contributed by atoms with E-state index in [1.54, 1.807) is 19.1 Å². The van der Waals surface area contributed by atoms with E-state index in [4.69, 9.17) is 9.47 Å². The number of esters is 1. The van der Waals surface area contributed by atoms with Crippen molar-refractivity contribution in [1.29, 1.82) is 0 Å². The Kier molecular flexibility index (Phi) is 5.78. The highest BCUT2D eigenvalue weighted by Gasteiger charge is 2.19. The number of halogens is 1. The molecule has 2 rings (SSSR count). The number of Topliss-reactive ketones (excluding diaryl/α,β-unsaturated/α-hetero) is 1. The maximum atomic E-state index is 13.2. The Labute approximate surface area is 142 Å². The van der Waals surface area contributed by atoms with Crippen LogP contribution in [0.2, 0.25) is 0 Å². The number of benzene rings is 2. The summed E-state index contributed by atoms with van der Waals surface area (Å²) in [6.07, 6.45) is 0.374. The molecule has 8 heteroatoms. The van der Waals surface area contributed by atoms with Gasteiger partial charge in [0.05, 0.1) is 4.92 Å². The fourth-order valence-electron chi connectivity index (χ4n) is 1.96. The van der Waals surface area contributed by atoms with Crippen molar-refractivity contribution in [3.63, 3.8) is 0 Å². The van der Waals surface area contributed by atoms with Crippen LogP contribution in [-0.2, 0) is 4.79 Å². The largest absolute Gasteiger partial charge is 0.482 e. The van der Waals surface area contributed by atoms with Crippen LogP contribution in [0, 0.1) is 15.9 Å². The monoisotopic (exact) mass is 347 g/mol. The molecule has 0 spiro atoms. The van der Waals surface area contributed by atoms with Crippen molar-refractivity contribution < 1.29 is 28.4 Å². The van der Waals surface area contributed by atoms with Gasteiger partial charge in [-0.3, -0.25) is 14.9 Å². The van der Waals surface area contributed by atoms with Crippen LogP contribution >= 0.6 is 0 Å². The van der Waals surface area contributed by atoms with E-state index in [0.717, 1.165) is 18.2 Å². The summed E-state index contributed by atoms with van der Waals surface area (Å²) in [5.41, 5.74) is -0.00927. The van der Waals surface area contributed by atoms with E-state index in [2.05, 4.69) is 0 Å². The predicted octanol–water partition coefficient (Wildman–Crippen LogP) is 3.31. The van der Waals surface area contributed by atoms with Crippen LogP contribution in [0.4, 0.5) is 10.1 Å². The van der Waals surface area contributed by atoms with Gasteiger partial charge in [-0.2, -0.15) is 0 Å². The van der Waals surface area contributed by atoms with Crippen LogP contribution < -0.4 is 9.47 Å². The highest BCUT2D eigenvalue weighted by Crippen LogP contribution is 2.27. The van der Waals surface area contributed by atoms with Crippen LogP contribution in [0.15, 0.2) is 42.5 Å². The number of nitro benzene ring substituents is 1. The predicted molar refractivity (Wildman–Crippen MR) is 85.2 cm³/mol. The molecule has 0 fully saturated rings. The average Bonchev–Trinajstić information content (AvgIpc) is 2.59. The number of hydrogen-bond donors (Lipinski definition) is 0. The number of carbonyl (C=O) groups is 2. The Bertz CT molecular complexity index is 803. The molecule has 0 aliphatic rings. The van der Waals surface area contributed by atoms with E-state index < -0.39 is 34.8 Å². The third-order valence-electron chi connectivity index (χ3n) is 3.20. The van der Waals surface area contributed by atoms with Crippen molar-refractivity contribution in [3.8, 4) is 11.5 Å². The van der Waals surface area contributed by atoms with Gasteiger partial charge in [0.15, 0.2) is 12.4 Å². The van der Waals surface area contributed by atoms with E-state index in [1.165, 1.54) is 12.1 Å². The molecule has 0 saturated heterocycles. The minimum absolute atomic E-state index is 0.0237. The summed E-state index contributed by atoms with van der Waals surface area (Å²) >= 11 is 0. The maximum absolute atomic E-state index is 13.2. The molecule has 0 aliphatic heterocycles. The first kappa shape index (κ1) is 18.1. The quantitative estimate of drug-likeness (QED) is 0.251. The van der Waals surface area contributed by atoms with Crippen molar-refractivity contribution in [2.75, 3.05) is 6.61 Å². The molecule has 25 heavy (non-hydrogen) atoms. The molecular formula is C17H14FNO6. The van der Waals surface area contributed by atoms with Crippen LogP contribution in [-0.4, -0.2) is 23.3 Å². The van der Waals surface area contributed by atoms with Gasteiger partial charge in [-0.25, -0.2) is 9.18 Å². The fourth-order valence-corrected chi connectivity index (χ4v) is 1.96. The van der Waals surface area contributed by atoms with E-state index >= 15 is 0 Å². The topological polar surface area (TPSA) is 95.7 Å². The number of hydrogen-bond acceptors (Lipinski definition) is 6. The SMILES string of the molecule is CCC(=O)c1ccc(OCC(=O)Oc2cc(F)ccc2[N+](=O)[O-])cc1. The third-order valence-corrected chi connectivity index (χ3v) is 3.20. The molecule has 0 aromatic heterocycles. The number of rotatable bonds is 7. The Morgan fingerprint density at radius 1 is 1.16 bits per heavy atom. The number of ether oxygens (including phenoxy) is 2. The van der Waals surface area contributed by atoms with Gasteiger partial charge in [0, 0.05) is 24.1 Å². The summed E-state index contributed by atoms with van der Waals surface area (Å²) in [5.74, 6) is -1.90. The second kappa shape index (κ2) is 8.00. The van der Waals surface area contributed by atoms with E-state index in [0.29, 0.717) is 17.7 Å². The molecule has 2 aromatic rings. The van der Waals surface area contributed by atoms with Crippen LogP contribution in [0.25, 0.3) is 0 Å². The molecule has 0 amide bonds. The zero-order valence-electron chi connectivity index (χ0n) is 13.2. The Morgan fingerprint density at radius 3 is 2.44 bits per heavy atom. The molecule has 7 nitrogen and oxygen atoms in total. The van der Waals surface area contributed by atoms with E-state index in [1.807, 2.05) is 0 Å². The first-order valence-corrected chi connectivity index (χ1v) is 7.31. The summed E-state index contributed by atoms with van der Waals surface area (Å²) < 4.78 is 23.1. The molecule has 0 aliphatic carbocycles. The van der Waals surface area contributed by atoms with Gasteiger partial charge >= 0.3 is 11.7 Å². The van der Waals surface area contributed by atoms with E-state index in [9.17, 15) is 24.1 Å². The minimum Gasteiger partial charge on any atom is -0.482 e. The minimum atomic E-state index is -0.928. The van der Waals surface area contributed by atoms with Gasteiger partial charge in [0.2, 0.25) is 5.75 Å². The molecule has 0 saturated carbocycles. The molecular weight excluding hydrogens is 333 g/mol. The van der Waals surface area contributed by atoms with Gasteiger partial charge in [-0.05, 0) is 30.3 Å². The Balaban J connectivity index is 1.98. The zero-order chi connectivity index (χ0) is 18.4. The summed E-state index contributed by atoms with van der Waals surface area (Å²) in [4.78, 5) is 33.3. The maximum Gasteiger partial charge on any atom is 0.349 e. The lowest BCUT2D eigenvalue weighted by molar-refractivity contribution is -0.385. The second-order valence-corrected chi connectivity index (χ2v) is 4.93. The van der Waals surface area contributed by atoms with Crippen molar-refractivity contribution in [1.82, 2.24) is 0 Å². The summed E-state index contributed by atoms with van der Waals surface area (Å²) in [6, 6.07) is 8.70. The zero-order valence-corrected chi connectivity index (χ0v) is 13.2. The van der Waals surface area contributed by atoms with Crippen molar-refractivity contribution in [3.05, 3.63) is 64.0 Å². The molecule has 0 heterocycles. The van der Waals surface area contributed by atoms with Gasteiger partial charge in [-0.1, -0.05) is 6.92 Å². The van der Waals surface area contributed by atoms with Gasteiger partial charge in [0.25, 0.3) is 0 Å². The van der Waals surface area contributed by atoms with Gasteiger partial charge in [0.1, 0.15) is 11.6 Å². The molecule has 2 aromatic carbocycles. The van der Waals surface area contributed by atoms with Crippen LogP contribution in [0.3, 0.4) is 0 Å². The molecule has 0 atom stereocenters. The first-order valence-electron chi connectivity index (χ1n) is 7.31. The van der Waals surface area contributed by atoms with Crippen molar-refractivity contribution in [2.45, 2.75) is 13.3 Å². The lowest BCUT2D eigenvalue weighted by Gasteiger charge is -2.08. The van der Waals surface area contributed by atoms with Gasteiger partial charge < -0.3 is 9.47 Å². The molecule has 0 radical (unpaired) electrons. The standard InChI is InChI=1S/C17H14FNO6/c1-2-15(20)11-3-6-13(7-4-11)24-10-17(21)25-16-9-12(18)5-8-14(16)19(22)23/h3-9H,2,10H2,1H3. The normalized spacial score (nSPS) is 10.2. The lowest BCUT2D eigenvalue weighted by atomic mass is 10.1. The van der Waals surface area contributed by atoms with Gasteiger partial charge in [-0.15, -0.1) is 0 Å². The molecule has 0 N–H and O–H groups in total. The fraction of sp³-hybridized carbons (Fsp3) is 0.176. The number of nitrogens with zero attached hydrogens (tertiary/aromatic N) is 1. The third kappa shape index (κ3) is 4.84. The smallest absolute Gasteiger partial charge is 0.349 e. The van der Waals surface area contributed by atoms with Crippen LogP contribution in [0.1, 0.15) is 23.7 Å². The van der Waals surface area contributed by atoms with Crippen LogP contribution in [0.5, 0.6) is 11.5 Å². The lowest BCUT2D eigenvalue weighted by Crippen LogP contribution is -2.18. The molecule has 130 valence electrons. The number of ketones is 1. The Hall–Kier alpha value is -3.29. The van der Waals surface area contributed by atoms with E-state index in [-0.39, 0.29) is 5.78 Å². The molecule has 0 unspecified atom stereocenters. The van der Waals surface area contributed by atoms with Crippen molar-refractivity contribution in [2.24, 2.45) is 0 Å². The highest BCUT2D eigenvalue weighted by molar-refractivity contribution is 5.95. The first-order chi connectivity index (χ1) is 11.9. The molecule has 0 bridgehead atoms. The average molecular weight is 347 g/mol. The summed E-state index contributed by atoms with van der Waals surface area (Å²) in [7, 11) is 0. The van der Waals surface area contributed by atoms with Crippen molar-refractivity contribution >= 4 is 17.4 Å². The number of carbonyl (C=O) groups excluding carboxylic acids is 2. The Morgan fingerprint density at radius 2 is 1.84 bits per heavy atom. The second-order valence-electron chi connectivity index (χ2n) is 4.93. The summed E-state index contributed by atoms with van der Waals surface area (Å²) in [5, 5.41) is 10.8. The summed E-state index contributed by atoms with van der Waals surface area (Å²) in [6.45, 7) is 1.21. The highest BCUT2D eigenvalue weighted by atomic mass is 19.1.